The van der Waals surface area contributed by atoms with E-state index in [1.165, 1.54) is 19.5 Å². The fraction of sp³-hybridized carbons (Fsp3) is 1.00. The van der Waals surface area contributed by atoms with E-state index in [0.717, 1.165) is 18.5 Å². The zero-order valence-electron chi connectivity index (χ0n) is 9.51. The normalized spacial score (nSPS) is 25.8. The average Bonchev–Trinajstić information content (AvgIpc) is 2.03. The highest BCUT2D eigenvalue weighted by Gasteiger charge is 2.24. The maximum absolute atomic E-state index is 3.48. The smallest absolute Gasteiger partial charge is 0.0226 e. The second-order valence-electron chi connectivity index (χ2n) is 4.82. The van der Waals surface area contributed by atoms with Crippen molar-refractivity contribution in [2.75, 3.05) is 19.6 Å². The van der Waals surface area contributed by atoms with Crippen molar-refractivity contribution in [3.8, 4) is 0 Å². The molecule has 2 nitrogen and oxygen atoms in total. The Kier molecular flexibility index (Phi) is 4.20. The molecule has 1 saturated heterocycles. The number of hydrogen-bond donors (Lipinski definition) is 1. The summed E-state index contributed by atoms with van der Waals surface area (Å²) >= 11 is 0. The highest BCUT2D eigenvalue weighted by Crippen LogP contribution is 2.15. The maximum Gasteiger partial charge on any atom is 0.0226 e. The Hall–Kier alpha value is -0.0800. The fourth-order valence-electron chi connectivity index (χ4n) is 2.22. The minimum atomic E-state index is 0.700. The van der Waals surface area contributed by atoms with Crippen LogP contribution in [0.15, 0.2) is 0 Å². The number of rotatable bonds is 3. The lowest BCUT2D eigenvalue weighted by molar-refractivity contribution is 0.108. The van der Waals surface area contributed by atoms with Gasteiger partial charge < -0.3 is 5.32 Å². The van der Waals surface area contributed by atoms with Crippen LogP contribution in [-0.4, -0.2) is 36.6 Å². The standard InChI is InChI=1S/C11H24N2/c1-9(2)7-11-8-12-5-6-13(11)10(3)4/h9-12H,5-8H2,1-4H3/t11-/m1/s1. The first-order valence-corrected chi connectivity index (χ1v) is 5.57. The van der Waals surface area contributed by atoms with Gasteiger partial charge in [0.05, 0.1) is 0 Å². The van der Waals surface area contributed by atoms with Crippen molar-refractivity contribution in [1.29, 1.82) is 0 Å². The third-order valence-electron chi connectivity index (χ3n) is 2.80. The molecule has 13 heavy (non-hydrogen) atoms. The molecule has 0 aromatic rings. The molecule has 0 saturated carbocycles. The average molecular weight is 184 g/mol. The molecular formula is C11H24N2. The van der Waals surface area contributed by atoms with Gasteiger partial charge in [0, 0.05) is 31.7 Å². The van der Waals surface area contributed by atoms with Gasteiger partial charge in [-0.1, -0.05) is 13.8 Å². The van der Waals surface area contributed by atoms with Gasteiger partial charge in [0.15, 0.2) is 0 Å². The van der Waals surface area contributed by atoms with Crippen LogP contribution in [0.5, 0.6) is 0 Å². The summed E-state index contributed by atoms with van der Waals surface area (Å²) in [6.45, 7) is 12.8. The predicted octanol–water partition coefficient (Wildman–Crippen LogP) is 1.71. The minimum Gasteiger partial charge on any atom is -0.314 e. The minimum absolute atomic E-state index is 0.700. The first-order chi connectivity index (χ1) is 6.11. The quantitative estimate of drug-likeness (QED) is 0.718. The lowest BCUT2D eigenvalue weighted by atomic mass is 10.00. The lowest BCUT2D eigenvalue weighted by Crippen LogP contribution is -2.54. The number of nitrogens with one attached hydrogen (secondary N) is 1. The molecule has 1 atom stereocenters. The molecule has 1 aliphatic rings. The molecule has 0 radical (unpaired) electrons. The first-order valence-electron chi connectivity index (χ1n) is 5.57. The van der Waals surface area contributed by atoms with Crippen molar-refractivity contribution >= 4 is 0 Å². The zero-order chi connectivity index (χ0) is 9.84. The van der Waals surface area contributed by atoms with Crippen LogP contribution in [0.25, 0.3) is 0 Å². The molecule has 0 aliphatic carbocycles. The largest absolute Gasteiger partial charge is 0.314 e. The van der Waals surface area contributed by atoms with E-state index < -0.39 is 0 Å². The van der Waals surface area contributed by atoms with Crippen LogP contribution in [0.2, 0.25) is 0 Å². The summed E-state index contributed by atoms with van der Waals surface area (Å²) in [5, 5.41) is 3.48. The zero-order valence-corrected chi connectivity index (χ0v) is 9.51. The van der Waals surface area contributed by atoms with Crippen molar-refractivity contribution in [1.82, 2.24) is 10.2 Å². The Morgan fingerprint density at radius 1 is 1.31 bits per heavy atom. The molecule has 0 amide bonds. The predicted molar refractivity (Wildman–Crippen MR) is 58.0 cm³/mol. The Bertz CT molecular complexity index is 143. The van der Waals surface area contributed by atoms with E-state index in [-0.39, 0.29) is 0 Å². The summed E-state index contributed by atoms with van der Waals surface area (Å²) in [6, 6.07) is 1.46. The van der Waals surface area contributed by atoms with Gasteiger partial charge in [-0.2, -0.15) is 0 Å². The maximum atomic E-state index is 3.48. The molecule has 1 fully saturated rings. The fourth-order valence-corrected chi connectivity index (χ4v) is 2.22. The second kappa shape index (κ2) is 4.97. The molecule has 1 N–H and O–H groups in total. The van der Waals surface area contributed by atoms with E-state index in [9.17, 15) is 0 Å². The topological polar surface area (TPSA) is 15.3 Å². The molecule has 0 bridgehead atoms. The lowest BCUT2D eigenvalue weighted by Gasteiger charge is -2.39. The van der Waals surface area contributed by atoms with Crippen LogP contribution in [0.3, 0.4) is 0 Å². The van der Waals surface area contributed by atoms with Gasteiger partial charge >= 0.3 is 0 Å². The molecule has 0 spiro atoms. The van der Waals surface area contributed by atoms with Crippen molar-refractivity contribution in [3.05, 3.63) is 0 Å². The number of nitrogens with zero attached hydrogens (tertiary/aromatic N) is 1. The van der Waals surface area contributed by atoms with Crippen LogP contribution in [0.4, 0.5) is 0 Å². The van der Waals surface area contributed by atoms with Crippen molar-refractivity contribution in [3.63, 3.8) is 0 Å². The van der Waals surface area contributed by atoms with Crippen LogP contribution in [-0.2, 0) is 0 Å². The van der Waals surface area contributed by atoms with E-state index >= 15 is 0 Å². The molecule has 0 unspecified atom stereocenters. The molecule has 0 aromatic carbocycles. The number of hydrogen-bond acceptors (Lipinski definition) is 2. The van der Waals surface area contributed by atoms with Gasteiger partial charge in [0.1, 0.15) is 0 Å². The van der Waals surface area contributed by atoms with E-state index in [1.54, 1.807) is 0 Å². The van der Waals surface area contributed by atoms with E-state index in [2.05, 4.69) is 37.9 Å². The number of piperazine rings is 1. The van der Waals surface area contributed by atoms with Crippen molar-refractivity contribution in [2.45, 2.75) is 46.2 Å². The molecule has 0 aromatic heterocycles. The summed E-state index contributed by atoms with van der Waals surface area (Å²) < 4.78 is 0. The summed E-state index contributed by atoms with van der Waals surface area (Å²) in [7, 11) is 0. The Labute approximate surface area is 82.7 Å². The van der Waals surface area contributed by atoms with Crippen LogP contribution >= 0.6 is 0 Å². The molecule has 1 heterocycles. The van der Waals surface area contributed by atoms with Gasteiger partial charge in [-0.15, -0.1) is 0 Å². The van der Waals surface area contributed by atoms with Gasteiger partial charge in [0.2, 0.25) is 0 Å². The van der Waals surface area contributed by atoms with Gasteiger partial charge in [0.25, 0.3) is 0 Å². The van der Waals surface area contributed by atoms with Crippen molar-refractivity contribution in [2.24, 2.45) is 5.92 Å². The molecule has 78 valence electrons. The molecular weight excluding hydrogens is 160 g/mol. The summed E-state index contributed by atoms with van der Waals surface area (Å²) in [5.74, 6) is 0.811. The monoisotopic (exact) mass is 184 g/mol. The van der Waals surface area contributed by atoms with Crippen LogP contribution < -0.4 is 5.32 Å². The van der Waals surface area contributed by atoms with Gasteiger partial charge in [-0.25, -0.2) is 0 Å². The Morgan fingerprint density at radius 3 is 2.54 bits per heavy atom. The van der Waals surface area contributed by atoms with E-state index in [0.29, 0.717) is 6.04 Å². The van der Waals surface area contributed by atoms with Crippen molar-refractivity contribution < 1.29 is 0 Å². The Balaban J connectivity index is 2.46. The highest BCUT2D eigenvalue weighted by molar-refractivity contribution is 4.82. The van der Waals surface area contributed by atoms with E-state index in [4.69, 9.17) is 0 Å². The SMILES string of the molecule is CC(C)C[C@@H]1CNCCN1C(C)C. The molecule has 1 rings (SSSR count). The van der Waals surface area contributed by atoms with Gasteiger partial charge in [-0.3, -0.25) is 4.90 Å². The Morgan fingerprint density at radius 2 is 2.00 bits per heavy atom. The molecule has 2 heteroatoms. The summed E-state index contributed by atoms with van der Waals surface area (Å²) in [5.41, 5.74) is 0. The van der Waals surface area contributed by atoms with E-state index in [1.807, 2.05) is 0 Å². The third kappa shape index (κ3) is 3.28. The molecule has 1 aliphatic heterocycles. The van der Waals surface area contributed by atoms with Crippen LogP contribution in [0.1, 0.15) is 34.1 Å². The summed E-state index contributed by atoms with van der Waals surface area (Å²) in [4.78, 5) is 2.64. The first kappa shape index (κ1) is 11.0. The highest BCUT2D eigenvalue weighted by atomic mass is 15.2. The third-order valence-corrected chi connectivity index (χ3v) is 2.80. The second-order valence-corrected chi connectivity index (χ2v) is 4.82. The van der Waals surface area contributed by atoms with Crippen LogP contribution in [0, 0.1) is 5.92 Å². The summed E-state index contributed by atoms with van der Waals surface area (Å²) in [6.07, 6.45) is 1.32. The van der Waals surface area contributed by atoms with Gasteiger partial charge in [-0.05, 0) is 26.2 Å².